The van der Waals surface area contributed by atoms with Crippen LogP contribution in [0.5, 0.6) is 5.75 Å². The van der Waals surface area contributed by atoms with Crippen molar-refractivity contribution in [3.05, 3.63) is 59.7 Å². The first-order chi connectivity index (χ1) is 13.2. The van der Waals surface area contributed by atoms with E-state index in [-0.39, 0.29) is 30.0 Å². The lowest BCUT2D eigenvalue weighted by atomic mass is 10.1. The Hall–Kier alpha value is -1.80. The summed E-state index contributed by atoms with van der Waals surface area (Å²) in [5, 5.41) is 3.22. The maximum atomic E-state index is 6.17. The fourth-order valence-corrected chi connectivity index (χ4v) is 3.57. The molecule has 2 aromatic carbocycles. The molecule has 152 valence electrons. The van der Waals surface area contributed by atoms with Crippen LogP contribution in [-0.2, 0) is 6.42 Å². The second-order valence-corrected chi connectivity index (χ2v) is 6.94. The molecular formula is C22H31IN4O. The highest BCUT2D eigenvalue weighted by atomic mass is 127. The number of nitrogens with zero attached hydrogens (tertiary/aromatic N) is 2. The molecule has 0 spiro atoms. The lowest BCUT2D eigenvalue weighted by Gasteiger charge is -2.27. The smallest absolute Gasteiger partial charge is 0.193 e. The number of nitrogens with one attached hydrogen (secondary N) is 1. The maximum absolute atomic E-state index is 6.17. The van der Waals surface area contributed by atoms with Crippen LogP contribution in [0.15, 0.2) is 53.5 Å². The summed E-state index contributed by atoms with van der Waals surface area (Å²) in [5.74, 6) is 1.33. The summed E-state index contributed by atoms with van der Waals surface area (Å²) in [6, 6.07) is 16.8. The van der Waals surface area contributed by atoms with Crippen LogP contribution in [-0.4, -0.2) is 37.6 Å². The zero-order chi connectivity index (χ0) is 19.1. The fraction of sp³-hybridized carbons (Fsp3) is 0.409. The van der Waals surface area contributed by atoms with E-state index in [2.05, 4.69) is 46.4 Å². The molecule has 3 rings (SSSR count). The summed E-state index contributed by atoms with van der Waals surface area (Å²) >= 11 is 0. The summed E-state index contributed by atoms with van der Waals surface area (Å²) in [6.45, 7) is 4.97. The van der Waals surface area contributed by atoms with Crippen LogP contribution < -0.4 is 15.8 Å². The number of guanidine groups is 1. The largest absolute Gasteiger partial charge is 0.497 e. The number of rotatable bonds is 7. The number of nitrogens with two attached hydrogens (primary N) is 1. The minimum Gasteiger partial charge on any atom is -0.497 e. The minimum absolute atomic E-state index is 0. The molecule has 3 N–H and O–H groups in total. The highest BCUT2D eigenvalue weighted by molar-refractivity contribution is 14.0. The third-order valence-electron chi connectivity index (χ3n) is 5.10. The van der Waals surface area contributed by atoms with Crippen LogP contribution in [0.2, 0.25) is 0 Å². The van der Waals surface area contributed by atoms with Crippen LogP contribution >= 0.6 is 24.0 Å². The Morgan fingerprint density at radius 3 is 2.64 bits per heavy atom. The molecule has 0 saturated carbocycles. The average Bonchev–Trinajstić information content (AvgIpc) is 3.23. The van der Waals surface area contributed by atoms with Crippen LogP contribution in [0, 0.1) is 0 Å². The third kappa shape index (κ3) is 6.10. The minimum atomic E-state index is 0. The molecular weight excluding hydrogens is 463 g/mol. The summed E-state index contributed by atoms with van der Waals surface area (Å²) in [6.07, 6.45) is 3.48. The van der Waals surface area contributed by atoms with Gasteiger partial charge in [-0.25, -0.2) is 0 Å². The summed E-state index contributed by atoms with van der Waals surface area (Å²) in [7, 11) is 1.70. The van der Waals surface area contributed by atoms with Crippen molar-refractivity contribution in [2.45, 2.75) is 32.2 Å². The van der Waals surface area contributed by atoms with Gasteiger partial charge in [-0.3, -0.25) is 9.89 Å². The lowest BCUT2D eigenvalue weighted by molar-refractivity contribution is 0.251. The van der Waals surface area contributed by atoms with Crippen LogP contribution in [0.1, 0.15) is 36.9 Å². The number of anilines is 1. The van der Waals surface area contributed by atoms with Crippen molar-refractivity contribution in [3.8, 4) is 5.75 Å². The first kappa shape index (κ1) is 22.5. The van der Waals surface area contributed by atoms with Crippen molar-refractivity contribution >= 4 is 35.6 Å². The average molecular weight is 494 g/mol. The molecule has 1 fully saturated rings. The Bertz CT molecular complexity index is 775. The second-order valence-electron chi connectivity index (χ2n) is 6.94. The van der Waals surface area contributed by atoms with Crippen molar-refractivity contribution in [3.63, 3.8) is 0 Å². The van der Waals surface area contributed by atoms with Gasteiger partial charge in [0.25, 0.3) is 0 Å². The molecule has 0 aliphatic carbocycles. The van der Waals surface area contributed by atoms with E-state index in [4.69, 9.17) is 10.5 Å². The Labute approximate surface area is 185 Å². The normalized spacial score (nSPS) is 15.7. The van der Waals surface area contributed by atoms with Gasteiger partial charge in [0, 0.05) is 5.69 Å². The number of aliphatic imine (C=N–C) groups is 1. The Morgan fingerprint density at radius 2 is 1.93 bits per heavy atom. The van der Waals surface area contributed by atoms with Crippen molar-refractivity contribution in [1.82, 2.24) is 4.90 Å². The maximum Gasteiger partial charge on any atom is 0.193 e. The van der Waals surface area contributed by atoms with E-state index in [1.807, 2.05) is 24.3 Å². The number of hydrogen-bond acceptors (Lipinski definition) is 3. The first-order valence-electron chi connectivity index (χ1n) is 9.73. The molecule has 0 radical (unpaired) electrons. The highest BCUT2D eigenvalue weighted by Crippen LogP contribution is 2.28. The Balaban J connectivity index is 0.00000280. The third-order valence-corrected chi connectivity index (χ3v) is 5.10. The van der Waals surface area contributed by atoms with Gasteiger partial charge in [-0.15, -0.1) is 24.0 Å². The summed E-state index contributed by atoms with van der Waals surface area (Å²) < 4.78 is 5.40. The number of methoxy groups -OCH3 is 1. The molecule has 0 aromatic heterocycles. The van der Waals surface area contributed by atoms with Gasteiger partial charge < -0.3 is 15.8 Å². The van der Waals surface area contributed by atoms with E-state index < -0.39 is 0 Å². The fourth-order valence-electron chi connectivity index (χ4n) is 3.57. The predicted octanol–water partition coefficient (Wildman–Crippen LogP) is 4.44. The molecule has 1 aliphatic rings. The molecule has 1 aliphatic heterocycles. The van der Waals surface area contributed by atoms with Crippen molar-refractivity contribution < 1.29 is 4.74 Å². The Kier molecular flexibility index (Phi) is 9.05. The number of benzene rings is 2. The molecule has 5 nitrogen and oxygen atoms in total. The van der Waals surface area contributed by atoms with Crippen molar-refractivity contribution in [1.29, 1.82) is 0 Å². The quantitative estimate of drug-likeness (QED) is 0.340. The van der Waals surface area contributed by atoms with E-state index in [0.29, 0.717) is 12.5 Å². The van der Waals surface area contributed by atoms with Gasteiger partial charge in [0.15, 0.2) is 5.96 Å². The monoisotopic (exact) mass is 494 g/mol. The molecule has 1 atom stereocenters. The number of halogens is 1. The molecule has 28 heavy (non-hydrogen) atoms. The van der Waals surface area contributed by atoms with Gasteiger partial charge in [-0.1, -0.05) is 31.2 Å². The lowest BCUT2D eigenvalue weighted by Crippen LogP contribution is -2.30. The Morgan fingerprint density at radius 1 is 1.18 bits per heavy atom. The van der Waals surface area contributed by atoms with E-state index in [1.165, 1.54) is 24.0 Å². The van der Waals surface area contributed by atoms with E-state index in [1.54, 1.807) is 7.11 Å². The number of hydrogen-bond donors (Lipinski definition) is 2. The van der Waals surface area contributed by atoms with Crippen molar-refractivity contribution in [2.75, 3.05) is 32.1 Å². The standard InChI is InChI=1S/C22H30N4O.HI/c1-3-17-8-6-10-19(14-17)25-22(23)24-16-21(26-12-4-5-13-26)18-9-7-11-20(15-18)27-2;/h6-11,14-15,21H,3-5,12-13,16H2,1-2H3,(H3,23,24,25);1H. The van der Waals surface area contributed by atoms with Crippen molar-refractivity contribution in [2.24, 2.45) is 10.7 Å². The highest BCUT2D eigenvalue weighted by Gasteiger charge is 2.23. The zero-order valence-electron chi connectivity index (χ0n) is 16.7. The molecule has 1 saturated heterocycles. The van der Waals surface area contributed by atoms with E-state index >= 15 is 0 Å². The van der Waals surface area contributed by atoms with Crippen LogP contribution in [0.4, 0.5) is 5.69 Å². The second kappa shape index (κ2) is 11.3. The summed E-state index contributed by atoms with van der Waals surface area (Å²) in [4.78, 5) is 7.14. The van der Waals surface area contributed by atoms with Gasteiger partial charge in [-0.2, -0.15) is 0 Å². The van der Waals surface area contributed by atoms with Crippen LogP contribution in [0.25, 0.3) is 0 Å². The molecule has 1 heterocycles. The topological polar surface area (TPSA) is 62.9 Å². The van der Waals surface area contributed by atoms with Gasteiger partial charge in [0.2, 0.25) is 0 Å². The zero-order valence-corrected chi connectivity index (χ0v) is 19.1. The van der Waals surface area contributed by atoms with Crippen LogP contribution in [0.3, 0.4) is 0 Å². The molecule has 1 unspecified atom stereocenters. The first-order valence-corrected chi connectivity index (χ1v) is 9.73. The molecule has 0 bridgehead atoms. The van der Waals surface area contributed by atoms with Gasteiger partial charge in [0.05, 0.1) is 19.7 Å². The number of likely N-dealkylation sites (tertiary alicyclic amines) is 1. The molecule has 0 amide bonds. The number of aryl methyl sites for hydroxylation is 1. The predicted molar refractivity (Wildman–Crippen MR) is 128 cm³/mol. The number of ether oxygens (including phenoxy) is 1. The van der Waals surface area contributed by atoms with Gasteiger partial charge in [-0.05, 0) is 67.7 Å². The van der Waals surface area contributed by atoms with Gasteiger partial charge >= 0.3 is 0 Å². The SMILES string of the molecule is CCc1cccc(NC(N)=NCC(c2cccc(OC)c2)N2CCCC2)c1.I. The van der Waals surface area contributed by atoms with E-state index in [9.17, 15) is 0 Å². The summed E-state index contributed by atoms with van der Waals surface area (Å²) in [5.41, 5.74) is 9.66. The molecule has 2 aromatic rings. The molecule has 6 heteroatoms. The van der Waals surface area contributed by atoms with E-state index in [0.717, 1.165) is 30.9 Å². The van der Waals surface area contributed by atoms with Gasteiger partial charge in [0.1, 0.15) is 5.75 Å².